The number of nitrogens with zero attached hydrogens (tertiary/aromatic N) is 3. The molecule has 0 aliphatic carbocycles. The van der Waals surface area contributed by atoms with Gasteiger partial charge in [-0.3, -0.25) is 0 Å². The zero-order valence-corrected chi connectivity index (χ0v) is 18.0. The van der Waals surface area contributed by atoms with Crippen molar-refractivity contribution in [1.29, 1.82) is 0 Å². The first-order valence-corrected chi connectivity index (χ1v) is 9.34. The lowest BCUT2D eigenvalue weighted by Crippen LogP contribution is -2.31. The molecule has 2 aromatic carbocycles. The Balaban J connectivity index is 0.00000280. The van der Waals surface area contributed by atoms with Crippen molar-refractivity contribution in [3.05, 3.63) is 52.5 Å². The molecule has 0 N–H and O–H groups in total. The summed E-state index contributed by atoms with van der Waals surface area (Å²) in [6.07, 6.45) is 0. The number of aromatic nitrogens is 2. The van der Waals surface area contributed by atoms with E-state index in [0.717, 1.165) is 22.3 Å². The largest absolute Gasteiger partial charge is 0.383 e. The number of rotatable bonds is 8. The third-order valence-electron chi connectivity index (χ3n) is 4.19. The van der Waals surface area contributed by atoms with Gasteiger partial charge in [-0.15, -0.1) is 12.4 Å². The van der Waals surface area contributed by atoms with Gasteiger partial charge in [0.15, 0.2) is 5.82 Å². The van der Waals surface area contributed by atoms with Gasteiger partial charge in [0.05, 0.1) is 23.8 Å². The normalized spacial score (nSPS) is 10.7. The fourth-order valence-corrected chi connectivity index (χ4v) is 3.31. The van der Waals surface area contributed by atoms with Crippen LogP contribution in [0, 0.1) is 0 Å². The Morgan fingerprint density at radius 2 is 1.61 bits per heavy atom. The molecule has 0 amide bonds. The molecule has 28 heavy (non-hydrogen) atoms. The quantitative estimate of drug-likeness (QED) is 0.484. The number of benzene rings is 2. The van der Waals surface area contributed by atoms with Crippen molar-refractivity contribution in [3.8, 4) is 11.4 Å². The summed E-state index contributed by atoms with van der Waals surface area (Å²) < 4.78 is 10.5. The van der Waals surface area contributed by atoms with E-state index in [-0.39, 0.29) is 12.4 Å². The Kier molecular flexibility index (Phi) is 8.73. The second kappa shape index (κ2) is 10.8. The van der Waals surface area contributed by atoms with Crippen LogP contribution in [0.4, 0.5) is 5.82 Å². The van der Waals surface area contributed by atoms with Crippen molar-refractivity contribution in [1.82, 2.24) is 9.97 Å². The van der Waals surface area contributed by atoms with Crippen molar-refractivity contribution in [2.45, 2.75) is 0 Å². The van der Waals surface area contributed by atoms with E-state index in [1.165, 1.54) is 0 Å². The van der Waals surface area contributed by atoms with Crippen LogP contribution >= 0.6 is 35.6 Å². The summed E-state index contributed by atoms with van der Waals surface area (Å²) >= 11 is 12.4. The molecular formula is C20H22Cl3N3O2. The summed E-state index contributed by atoms with van der Waals surface area (Å²) in [5.41, 5.74) is 1.59. The molecule has 5 nitrogen and oxygen atoms in total. The van der Waals surface area contributed by atoms with E-state index in [0.29, 0.717) is 42.2 Å². The highest BCUT2D eigenvalue weighted by Crippen LogP contribution is 2.32. The van der Waals surface area contributed by atoms with Crippen LogP contribution in [0.3, 0.4) is 0 Å². The van der Waals surface area contributed by atoms with Crippen LogP contribution in [0.25, 0.3) is 22.3 Å². The van der Waals surface area contributed by atoms with Gasteiger partial charge in [-0.2, -0.15) is 0 Å². The Morgan fingerprint density at radius 3 is 2.25 bits per heavy atom. The zero-order valence-electron chi connectivity index (χ0n) is 15.7. The molecule has 3 rings (SSSR count). The van der Waals surface area contributed by atoms with Gasteiger partial charge in [0.1, 0.15) is 5.82 Å². The molecule has 1 aromatic heterocycles. The van der Waals surface area contributed by atoms with Crippen LogP contribution in [0.5, 0.6) is 0 Å². The van der Waals surface area contributed by atoms with Gasteiger partial charge in [0, 0.05) is 43.3 Å². The van der Waals surface area contributed by atoms with E-state index in [2.05, 4.69) is 4.90 Å². The van der Waals surface area contributed by atoms with Crippen LogP contribution < -0.4 is 4.90 Å². The van der Waals surface area contributed by atoms with Gasteiger partial charge < -0.3 is 14.4 Å². The van der Waals surface area contributed by atoms with E-state index in [4.69, 9.17) is 42.6 Å². The molecule has 0 radical (unpaired) electrons. The van der Waals surface area contributed by atoms with Gasteiger partial charge >= 0.3 is 0 Å². The average Bonchev–Trinajstić information content (AvgIpc) is 2.67. The lowest BCUT2D eigenvalue weighted by Gasteiger charge is -2.25. The molecule has 0 aliphatic heterocycles. The van der Waals surface area contributed by atoms with Gasteiger partial charge in [0.25, 0.3) is 0 Å². The molecular weight excluding hydrogens is 421 g/mol. The maximum atomic E-state index is 6.40. The van der Waals surface area contributed by atoms with Crippen LogP contribution in [0.2, 0.25) is 10.0 Å². The van der Waals surface area contributed by atoms with Crippen LogP contribution in [0.1, 0.15) is 0 Å². The first-order valence-electron chi connectivity index (χ1n) is 8.59. The monoisotopic (exact) mass is 441 g/mol. The lowest BCUT2D eigenvalue weighted by molar-refractivity contribution is 0.190. The summed E-state index contributed by atoms with van der Waals surface area (Å²) in [6, 6.07) is 13.3. The molecule has 0 fully saturated rings. The third kappa shape index (κ3) is 5.25. The van der Waals surface area contributed by atoms with Crippen LogP contribution in [0.15, 0.2) is 42.5 Å². The molecule has 0 saturated carbocycles. The highest BCUT2D eigenvalue weighted by molar-refractivity contribution is 6.36. The molecule has 0 atom stereocenters. The summed E-state index contributed by atoms with van der Waals surface area (Å²) in [7, 11) is 3.37. The SMILES string of the molecule is COCCN(CCOC)c1nc(-c2ccc(Cl)cc2Cl)nc2ccccc12.Cl. The lowest BCUT2D eigenvalue weighted by atomic mass is 10.1. The number of para-hydroxylation sites is 1. The Morgan fingerprint density at radius 1 is 0.929 bits per heavy atom. The fraction of sp³-hybridized carbons (Fsp3) is 0.300. The highest BCUT2D eigenvalue weighted by atomic mass is 35.5. The number of methoxy groups -OCH3 is 2. The zero-order chi connectivity index (χ0) is 19.2. The Hall–Kier alpha value is -1.63. The van der Waals surface area contributed by atoms with E-state index < -0.39 is 0 Å². The number of fused-ring (bicyclic) bond motifs is 1. The summed E-state index contributed by atoms with van der Waals surface area (Å²) in [6.45, 7) is 2.54. The van der Waals surface area contributed by atoms with Crippen molar-refractivity contribution in [2.24, 2.45) is 0 Å². The molecule has 0 saturated heterocycles. The first-order chi connectivity index (χ1) is 13.1. The minimum atomic E-state index is 0. The minimum absolute atomic E-state index is 0. The van der Waals surface area contributed by atoms with E-state index >= 15 is 0 Å². The molecule has 0 unspecified atom stereocenters. The van der Waals surface area contributed by atoms with Gasteiger partial charge in [-0.05, 0) is 30.3 Å². The van der Waals surface area contributed by atoms with Crippen molar-refractivity contribution >= 4 is 52.3 Å². The third-order valence-corrected chi connectivity index (χ3v) is 4.73. The van der Waals surface area contributed by atoms with Gasteiger partial charge in [-0.1, -0.05) is 35.3 Å². The van der Waals surface area contributed by atoms with Gasteiger partial charge in [0.2, 0.25) is 0 Å². The fourth-order valence-electron chi connectivity index (χ4n) is 2.82. The van der Waals surface area contributed by atoms with Crippen molar-refractivity contribution < 1.29 is 9.47 Å². The van der Waals surface area contributed by atoms with Crippen molar-refractivity contribution in [3.63, 3.8) is 0 Å². The maximum absolute atomic E-state index is 6.40. The maximum Gasteiger partial charge on any atom is 0.163 e. The second-order valence-corrected chi connectivity index (χ2v) is 6.83. The number of hydrogen-bond acceptors (Lipinski definition) is 5. The van der Waals surface area contributed by atoms with E-state index in [1.54, 1.807) is 26.4 Å². The Labute approximate surface area is 181 Å². The highest BCUT2D eigenvalue weighted by Gasteiger charge is 2.17. The van der Waals surface area contributed by atoms with Crippen LogP contribution in [-0.2, 0) is 9.47 Å². The number of halogens is 3. The second-order valence-electron chi connectivity index (χ2n) is 5.98. The Bertz CT molecular complexity index is 916. The molecule has 8 heteroatoms. The molecule has 0 bridgehead atoms. The topological polar surface area (TPSA) is 47.5 Å². The van der Waals surface area contributed by atoms with Crippen molar-refractivity contribution in [2.75, 3.05) is 45.4 Å². The molecule has 150 valence electrons. The first kappa shape index (κ1) is 22.7. The minimum Gasteiger partial charge on any atom is -0.383 e. The van der Waals surface area contributed by atoms with Gasteiger partial charge in [-0.25, -0.2) is 9.97 Å². The molecule has 0 spiro atoms. The molecule has 1 heterocycles. The summed E-state index contributed by atoms with van der Waals surface area (Å²) in [4.78, 5) is 11.7. The predicted molar refractivity (Wildman–Crippen MR) is 118 cm³/mol. The standard InChI is InChI=1S/C20H21Cl2N3O2.ClH/c1-26-11-9-25(10-12-27-2)20-16-5-3-4-6-18(16)23-19(24-20)15-8-7-14(21)13-17(15)22;/h3-8,13H,9-12H2,1-2H3;1H. The average molecular weight is 443 g/mol. The predicted octanol–water partition coefficient (Wildman–Crippen LogP) is 5.12. The van der Waals surface area contributed by atoms with E-state index in [9.17, 15) is 0 Å². The number of ether oxygens (including phenoxy) is 2. The molecule has 0 aliphatic rings. The van der Waals surface area contributed by atoms with E-state index in [1.807, 2.05) is 30.3 Å². The smallest absolute Gasteiger partial charge is 0.163 e. The molecule has 3 aromatic rings. The number of hydrogen-bond donors (Lipinski definition) is 0. The summed E-state index contributed by atoms with van der Waals surface area (Å²) in [5.74, 6) is 1.39. The summed E-state index contributed by atoms with van der Waals surface area (Å²) in [5, 5.41) is 2.06. The van der Waals surface area contributed by atoms with Crippen LogP contribution in [-0.4, -0.2) is 50.5 Å². The number of anilines is 1.